The Morgan fingerprint density at radius 3 is 1.90 bits per heavy atom. The van der Waals surface area contributed by atoms with E-state index in [0.29, 0.717) is 32.3 Å². The molecule has 5 rings (SSSR count). The van der Waals surface area contributed by atoms with Crippen molar-refractivity contribution in [1.29, 1.82) is 5.26 Å². The minimum absolute atomic E-state index is 0.0442. The van der Waals surface area contributed by atoms with Gasteiger partial charge < -0.3 is 9.84 Å². The molecule has 0 spiro atoms. The predicted molar refractivity (Wildman–Crippen MR) is 162 cm³/mol. The van der Waals surface area contributed by atoms with Crippen molar-refractivity contribution in [2.75, 3.05) is 6.61 Å². The van der Waals surface area contributed by atoms with Gasteiger partial charge in [0.25, 0.3) is 0 Å². The molecule has 1 saturated carbocycles. The Hall–Kier alpha value is -3.95. The minimum Gasteiger partial charge on any atom is -0.465 e. The second-order valence-electron chi connectivity index (χ2n) is 10.5. The van der Waals surface area contributed by atoms with E-state index in [4.69, 9.17) is 27.9 Å². The first-order valence-electron chi connectivity index (χ1n) is 13.7. The highest BCUT2D eigenvalue weighted by Crippen LogP contribution is 2.63. The third-order valence-corrected chi connectivity index (χ3v) is 8.82. The lowest BCUT2D eigenvalue weighted by Crippen LogP contribution is -2.59. The van der Waals surface area contributed by atoms with Gasteiger partial charge in [0, 0.05) is 27.4 Å². The lowest BCUT2D eigenvalue weighted by atomic mass is 9.47. The number of carbonyl (C=O) groups excluding carboxylic acids is 2. The molecular formula is C35H29Cl2NO4. The molecule has 1 aliphatic rings. The zero-order valence-corrected chi connectivity index (χ0v) is 24.4. The summed E-state index contributed by atoms with van der Waals surface area (Å²) in [7, 11) is 0. The van der Waals surface area contributed by atoms with Gasteiger partial charge in [-0.1, -0.05) is 96.0 Å². The molecule has 0 aromatic heterocycles. The van der Waals surface area contributed by atoms with Crippen molar-refractivity contribution in [1.82, 2.24) is 0 Å². The molecule has 1 aliphatic carbocycles. The third kappa shape index (κ3) is 5.12. The van der Waals surface area contributed by atoms with E-state index in [0.717, 1.165) is 0 Å². The number of nitrogens with zero attached hydrogens (tertiary/aromatic N) is 1. The van der Waals surface area contributed by atoms with Crippen LogP contribution in [0.5, 0.6) is 0 Å². The van der Waals surface area contributed by atoms with Gasteiger partial charge in [0.2, 0.25) is 0 Å². The van der Waals surface area contributed by atoms with Crippen LogP contribution < -0.4 is 0 Å². The van der Waals surface area contributed by atoms with Crippen LogP contribution in [0.3, 0.4) is 0 Å². The summed E-state index contributed by atoms with van der Waals surface area (Å²) in [5, 5.41) is 25.0. The quantitative estimate of drug-likeness (QED) is 0.174. The largest absolute Gasteiger partial charge is 0.465 e. The fourth-order valence-corrected chi connectivity index (χ4v) is 6.70. The van der Waals surface area contributed by atoms with Gasteiger partial charge in [-0.25, -0.2) is 0 Å². The highest BCUT2D eigenvalue weighted by atomic mass is 35.5. The molecule has 1 fully saturated rings. The van der Waals surface area contributed by atoms with Crippen LogP contribution in [0.4, 0.5) is 0 Å². The summed E-state index contributed by atoms with van der Waals surface area (Å²) < 4.78 is 5.63. The third-order valence-electron chi connectivity index (χ3n) is 8.32. The van der Waals surface area contributed by atoms with Gasteiger partial charge in [0.1, 0.15) is 5.60 Å². The van der Waals surface area contributed by atoms with Gasteiger partial charge in [-0.3, -0.25) is 9.59 Å². The Labute approximate surface area is 255 Å². The molecule has 0 bridgehead atoms. The number of benzene rings is 4. The van der Waals surface area contributed by atoms with E-state index in [1.807, 2.05) is 36.4 Å². The predicted octanol–water partition coefficient (Wildman–Crippen LogP) is 7.72. The van der Waals surface area contributed by atoms with Crippen LogP contribution in [0.25, 0.3) is 0 Å². The average Bonchev–Trinajstić information content (AvgIpc) is 3.02. The lowest BCUT2D eigenvalue weighted by Gasteiger charge is -2.54. The van der Waals surface area contributed by atoms with E-state index in [9.17, 15) is 20.0 Å². The molecule has 5 nitrogen and oxygen atoms in total. The van der Waals surface area contributed by atoms with Crippen molar-refractivity contribution >= 4 is 35.0 Å². The summed E-state index contributed by atoms with van der Waals surface area (Å²) in [5.74, 6) is -4.34. The summed E-state index contributed by atoms with van der Waals surface area (Å²) in [5.41, 5.74) is -1.67. The summed E-state index contributed by atoms with van der Waals surface area (Å²) in [4.78, 5) is 28.9. The van der Waals surface area contributed by atoms with Crippen molar-refractivity contribution in [3.8, 4) is 6.07 Å². The van der Waals surface area contributed by atoms with Crippen LogP contribution in [-0.2, 0) is 15.1 Å². The summed E-state index contributed by atoms with van der Waals surface area (Å²) in [6.45, 7) is 1.73. The first-order valence-corrected chi connectivity index (χ1v) is 14.5. The van der Waals surface area contributed by atoms with E-state index >= 15 is 0 Å². The number of esters is 1. The zero-order valence-electron chi connectivity index (χ0n) is 22.9. The van der Waals surface area contributed by atoms with Gasteiger partial charge in [0.05, 0.1) is 18.6 Å². The zero-order chi connectivity index (χ0) is 29.9. The molecule has 212 valence electrons. The molecule has 42 heavy (non-hydrogen) atoms. The Morgan fingerprint density at radius 2 is 1.38 bits per heavy atom. The molecular weight excluding hydrogens is 569 g/mol. The van der Waals surface area contributed by atoms with Crippen molar-refractivity contribution in [3.63, 3.8) is 0 Å². The number of aliphatic hydroxyl groups is 1. The van der Waals surface area contributed by atoms with Gasteiger partial charge in [-0.05, 0) is 66.4 Å². The molecule has 0 amide bonds. The van der Waals surface area contributed by atoms with E-state index < -0.39 is 40.5 Å². The molecule has 0 radical (unpaired) electrons. The number of ketones is 1. The van der Waals surface area contributed by atoms with Crippen molar-refractivity contribution in [2.45, 2.75) is 30.8 Å². The Morgan fingerprint density at radius 1 is 0.857 bits per heavy atom. The second kappa shape index (κ2) is 12.1. The first-order chi connectivity index (χ1) is 20.3. The topological polar surface area (TPSA) is 87.4 Å². The number of hydrogen-bond donors (Lipinski definition) is 1. The van der Waals surface area contributed by atoms with Gasteiger partial charge in [-0.2, -0.15) is 5.26 Å². The number of Topliss-reactive ketones (excluding diaryl/α,β-unsaturated/α-hetero) is 1. The monoisotopic (exact) mass is 597 g/mol. The molecule has 0 saturated heterocycles. The van der Waals surface area contributed by atoms with Gasteiger partial charge >= 0.3 is 5.97 Å². The van der Waals surface area contributed by atoms with Crippen LogP contribution in [0.15, 0.2) is 109 Å². The average molecular weight is 599 g/mol. The van der Waals surface area contributed by atoms with E-state index in [2.05, 4.69) is 6.07 Å². The fourth-order valence-electron chi connectivity index (χ4n) is 6.45. The second-order valence-corrected chi connectivity index (χ2v) is 11.4. The highest BCUT2D eigenvalue weighted by Gasteiger charge is 2.67. The normalized spacial score (nSPS) is 25.3. The fraction of sp³-hybridized carbons (Fsp3) is 0.229. The molecule has 5 atom stereocenters. The number of halogens is 2. The maximum atomic E-state index is 14.7. The molecule has 4 aromatic rings. The van der Waals surface area contributed by atoms with Crippen molar-refractivity contribution in [3.05, 3.63) is 141 Å². The number of ether oxygens (including phenoxy) is 1. The Balaban J connectivity index is 1.88. The maximum absolute atomic E-state index is 14.7. The first kappa shape index (κ1) is 29.5. The highest BCUT2D eigenvalue weighted by molar-refractivity contribution is 6.31. The molecule has 1 N–H and O–H groups in total. The SMILES string of the molecule is CCOC(=O)[C@@]1(C#N)[C@H](c2ccccc2)C[C@](O)(c2ccc(Cl)cc2)[C@H](C(=O)c2ccc(Cl)cc2)[C@@H]1c1ccccc1. The molecule has 0 heterocycles. The van der Waals surface area contributed by atoms with Crippen LogP contribution in [0, 0.1) is 22.7 Å². The number of hydrogen-bond acceptors (Lipinski definition) is 5. The van der Waals surface area contributed by atoms with E-state index in [1.165, 1.54) is 0 Å². The maximum Gasteiger partial charge on any atom is 0.327 e. The summed E-state index contributed by atoms with van der Waals surface area (Å²) in [6.07, 6.45) is -0.0989. The smallest absolute Gasteiger partial charge is 0.327 e. The Bertz CT molecular complexity index is 1600. The Kier molecular flexibility index (Phi) is 8.52. The van der Waals surface area contributed by atoms with Crippen molar-refractivity contribution in [2.24, 2.45) is 11.3 Å². The standard InChI is InChI=1S/C35H29Cl2NO4/c1-2-42-33(40)34(22-38)29(23-9-5-3-6-10-23)21-35(41,26-15-19-28(37)20-16-26)31(30(34)24-11-7-4-8-12-24)32(39)25-13-17-27(36)18-14-25/h3-20,29-31,41H,2,21H2,1H3/t29-,30-,31-,34-,35-/m0/s1. The van der Waals surface area contributed by atoms with Crippen LogP contribution in [0.2, 0.25) is 10.0 Å². The minimum atomic E-state index is -1.86. The van der Waals surface area contributed by atoms with Crippen LogP contribution in [0.1, 0.15) is 52.2 Å². The number of carbonyl (C=O) groups is 2. The molecule has 0 unspecified atom stereocenters. The molecule has 0 aliphatic heterocycles. The van der Waals surface area contributed by atoms with Gasteiger partial charge in [0.15, 0.2) is 11.2 Å². The number of nitriles is 1. The molecule has 4 aromatic carbocycles. The van der Waals surface area contributed by atoms with Gasteiger partial charge in [-0.15, -0.1) is 0 Å². The van der Waals surface area contributed by atoms with E-state index in [1.54, 1.807) is 79.7 Å². The lowest BCUT2D eigenvalue weighted by molar-refractivity contribution is -0.164. The molecule has 7 heteroatoms. The summed E-state index contributed by atoms with van der Waals surface area (Å²) >= 11 is 12.4. The van der Waals surface area contributed by atoms with Crippen LogP contribution >= 0.6 is 23.2 Å². The van der Waals surface area contributed by atoms with E-state index in [-0.39, 0.29) is 13.0 Å². The summed E-state index contributed by atoms with van der Waals surface area (Å²) in [6, 6.07) is 33.6. The van der Waals surface area contributed by atoms with Crippen LogP contribution in [-0.4, -0.2) is 23.5 Å². The van der Waals surface area contributed by atoms with Crippen molar-refractivity contribution < 1.29 is 19.4 Å². The number of rotatable bonds is 7.